The summed E-state index contributed by atoms with van der Waals surface area (Å²) < 4.78 is 9.63. The first-order chi connectivity index (χ1) is 6.79. The van der Waals surface area contributed by atoms with E-state index in [9.17, 15) is 4.79 Å². The Bertz CT molecular complexity index is 471. The second-order valence-electron chi connectivity index (χ2n) is 2.58. The molecule has 72 valence electrons. The van der Waals surface area contributed by atoms with Gasteiger partial charge in [0.05, 0.1) is 18.7 Å². The van der Waals surface area contributed by atoms with Crippen molar-refractivity contribution in [1.82, 2.24) is 4.98 Å². The highest BCUT2D eigenvalue weighted by Gasteiger charge is 2.04. The molecule has 2 rings (SSSR count). The maximum absolute atomic E-state index is 10.7. The van der Waals surface area contributed by atoms with Crippen molar-refractivity contribution in [3.63, 3.8) is 0 Å². The van der Waals surface area contributed by atoms with E-state index in [0.29, 0.717) is 5.01 Å². The van der Waals surface area contributed by atoms with Gasteiger partial charge in [-0.3, -0.25) is 0 Å². The molecule has 0 aliphatic rings. The molecular weight excluding hydrogens is 202 g/mol. The fourth-order valence-corrected chi connectivity index (χ4v) is 1.57. The molecule has 1 aromatic heterocycles. The van der Waals surface area contributed by atoms with Crippen LogP contribution >= 0.6 is 11.6 Å². The topological polar surface area (TPSA) is 52.3 Å². The van der Waals surface area contributed by atoms with Crippen LogP contribution in [0.3, 0.4) is 0 Å². The van der Waals surface area contributed by atoms with Crippen LogP contribution in [0.5, 0.6) is 5.75 Å². The Morgan fingerprint density at radius 3 is 2.57 bits per heavy atom. The molecule has 2 aromatic rings. The first-order valence-electron chi connectivity index (χ1n) is 3.91. The number of hydrogen-bond acceptors (Lipinski definition) is 5. The van der Waals surface area contributed by atoms with Gasteiger partial charge in [-0.25, -0.2) is 4.79 Å². The lowest BCUT2D eigenvalue weighted by molar-refractivity contribution is 0.415. The summed E-state index contributed by atoms with van der Waals surface area (Å²) in [4.78, 5) is 14.4. The number of methoxy groups -OCH3 is 1. The summed E-state index contributed by atoms with van der Waals surface area (Å²) in [6, 6.07) is 7.27. The summed E-state index contributed by atoms with van der Waals surface area (Å²) >= 11 is 0.977. The van der Waals surface area contributed by atoms with Crippen molar-refractivity contribution in [2.45, 2.75) is 0 Å². The van der Waals surface area contributed by atoms with E-state index in [0.717, 1.165) is 22.9 Å². The van der Waals surface area contributed by atoms with Crippen molar-refractivity contribution < 1.29 is 8.59 Å². The van der Waals surface area contributed by atoms with Crippen molar-refractivity contribution >= 4 is 11.6 Å². The summed E-state index contributed by atoms with van der Waals surface area (Å²) in [6.45, 7) is 0. The summed E-state index contributed by atoms with van der Waals surface area (Å²) in [5.74, 6) is 0.213. The molecule has 0 amide bonds. The molecule has 0 unspecified atom stereocenters. The second-order valence-corrected chi connectivity index (χ2v) is 3.30. The zero-order valence-electron chi connectivity index (χ0n) is 7.39. The Morgan fingerprint density at radius 1 is 1.36 bits per heavy atom. The van der Waals surface area contributed by atoms with Crippen molar-refractivity contribution in [3.05, 3.63) is 34.8 Å². The molecule has 0 fully saturated rings. The van der Waals surface area contributed by atoms with Gasteiger partial charge in [-0.1, -0.05) is 0 Å². The number of benzene rings is 1. The van der Waals surface area contributed by atoms with Crippen molar-refractivity contribution in [3.8, 4) is 16.3 Å². The molecule has 1 aromatic carbocycles. The number of ether oxygens (including phenoxy) is 1. The molecule has 0 radical (unpaired) electrons. The van der Waals surface area contributed by atoms with Gasteiger partial charge in [-0.05, 0) is 24.3 Å². The summed E-state index contributed by atoms with van der Waals surface area (Å²) in [5.41, 5.74) is 0.849. The average molecular weight is 209 g/mol. The molecule has 0 saturated carbocycles. The molecule has 0 spiro atoms. The van der Waals surface area contributed by atoms with Gasteiger partial charge in [-0.2, -0.15) is 4.98 Å². The Kier molecular flexibility index (Phi) is 2.32. The first kappa shape index (κ1) is 8.96. The zero-order chi connectivity index (χ0) is 9.97. The molecule has 0 bridgehead atoms. The highest BCUT2D eigenvalue weighted by atomic mass is 32.1. The summed E-state index contributed by atoms with van der Waals surface area (Å²) in [6.07, 6.45) is 0. The molecular formula is C9H7NO3S. The van der Waals surface area contributed by atoms with E-state index in [1.165, 1.54) is 0 Å². The van der Waals surface area contributed by atoms with E-state index >= 15 is 0 Å². The fourth-order valence-electron chi connectivity index (χ4n) is 1.04. The second kappa shape index (κ2) is 3.63. The third kappa shape index (κ3) is 1.67. The molecule has 0 aliphatic heterocycles. The maximum atomic E-state index is 10.7. The standard InChI is InChI=1S/C9H7NO3S/c1-12-7-4-2-6(3-5-7)8-10-9(11)13-14-8/h2-5H,1H3. The Hall–Kier alpha value is -1.62. The van der Waals surface area contributed by atoms with E-state index in [1.807, 2.05) is 12.1 Å². The molecule has 14 heavy (non-hydrogen) atoms. The predicted octanol–water partition coefficient (Wildman–Crippen LogP) is 1.77. The molecule has 0 aliphatic carbocycles. The van der Waals surface area contributed by atoms with Crippen LogP contribution in [-0.4, -0.2) is 12.1 Å². The lowest BCUT2D eigenvalue weighted by Gasteiger charge is -1.98. The smallest absolute Gasteiger partial charge is 0.451 e. The van der Waals surface area contributed by atoms with Crippen LogP contribution < -0.4 is 10.5 Å². The van der Waals surface area contributed by atoms with Gasteiger partial charge in [0.25, 0.3) is 0 Å². The molecule has 5 heteroatoms. The van der Waals surface area contributed by atoms with Gasteiger partial charge in [-0.15, -0.1) is 0 Å². The van der Waals surface area contributed by atoms with E-state index in [4.69, 9.17) is 4.74 Å². The molecule has 1 heterocycles. The van der Waals surface area contributed by atoms with E-state index in [1.54, 1.807) is 19.2 Å². The highest BCUT2D eigenvalue weighted by molar-refractivity contribution is 7.06. The molecule has 0 N–H and O–H groups in total. The summed E-state index contributed by atoms with van der Waals surface area (Å²) in [7, 11) is 1.60. The minimum absolute atomic E-state index is 0.555. The van der Waals surface area contributed by atoms with Crippen LogP contribution in [0.25, 0.3) is 10.6 Å². The quantitative estimate of drug-likeness (QED) is 0.756. The first-order valence-corrected chi connectivity index (χ1v) is 4.65. The zero-order valence-corrected chi connectivity index (χ0v) is 8.21. The SMILES string of the molecule is COc1ccc(-c2nc(=O)os2)cc1. The van der Waals surface area contributed by atoms with Crippen LogP contribution in [-0.2, 0) is 0 Å². The maximum Gasteiger partial charge on any atom is 0.451 e. The average Bonchev–Trinajstić information content (AvgIpc) is 2.65. The minimum Gasteiger partial charge on any atom is -0.497 e. The predicted molar refractivity (Wildman–Crippen MR) is 52.6 cm³/mol. The largest absolute Gasteiger partial charge is 0.497 e. The van der Waals surface area contributed by atoms with Crippen molar-refractivity contribution in [2.75, 3.05) is 7.11 Å². The Morgan fingerprint density at radius 2 is 2.07 bits per heavy atom. The van der Waals surface area contributed by atoms with Crippen LogP contribution in [0.2, 0.25) is 0 Å². The normalized spacial score (nSPS) is 10.1. The van der Waals surface area contributed by atoms with Gasteiger partial charge in [0.2, 0.25) is 0 Å². The highest BCUT2D eigenvalue weighted by Crippen LogP contribution is 2.22. The van der Waals surface area contributed by atoms with E-state index < -0.39 is 5.76 Å². The van der Waals surface area contributed by atoms with Gasteiger partial charge < -0.3 is 8.59 Å². The number of rotatable bonds is 2. The lowest BCUT2D eigenvalue weighted by atomic mass is 10.2. The molecule has 0 saturated heterocycles. The molecule has 0 atom stereocenters. The lowest BCUT2D eigenvalue weighted by Crippen LogP contribution is -1.94. The van der Waals surface area contributed by atoms with E-state index in [-0.39, 0.29) is 0 Å². The van der Waals surface area contributed by atoms with E-state index in [2.05, 4.69) is 8.83 Å². The van der Waals surface area contributed by atoms with Crippen LogP contribution in [0.4, 0.5) is 0 Å². The summed E-state index contributed by atoms with van der Waals surface area (Å²) in [5, 5.41) is 0.581. The van der Waals surface area contributed by atoms with Crippen LogP contribution in [0.15, 0.2) is 32.9 Å². The van der Waals surface area contributed by atoms with Gasteiger partial charge in [0.15, 0.2) is 5.01 Å². The third-order valence-corrected chi connectivity index (χ3v) is 2.43. The minimum atomic E-state index is -0.555. The Balaban J connectivity index is 2.38. The van der Waals surface area contributed by atoms with Gasteiger partial charge in [0, 0.05) is 5.56 Å². The molecule has 4 nitrogen and oxygen atoms in total. The van der Waals surface area contributed by atoms with Crippen molar-refractivity contribution in [2.24, 2.45) is 0 Å². The van der Waals surface area contributed by atoms with Gasteiger partial charge >= 0.3 is 5.76 Å². The van der Waals surface area contributed by atoms with Crippen LogP contribution in [0, 0.1) is 0 Å². The Labute approximate surface area is 84.0 Å². The number of hydrogen-bond donors (Lipinski definition) is 0. The monoisotopic (exact) mass is 209 g/mol. The van der Waals surface area contributed by atoms with Crippen molar-refractivity contribution in [1.29, 1.82) is 0 Å². The third-order valence-electron chi connectivity index (χ3n) is 1.72. The number of aromatic nitrogens is 1. The van der Waals surface area contributed by atoms with Crippen LogP contribution in [0.1, 0.15) is 0 Å². The van der Waals surface area contributed by atoms with Gasteiger partial charge in [0.1, 0.15) is 5.75 Å². The fraction of sp³-hybridized carbons (Fsp3) is 0.111. The number of nitrogens with zero attached hydrogens (tertiary/aromatic N) is 1.